The maximum absolute atomic E-state index is 13.3. The predicted molar refractivity (Wildman–Crippen MR) is 148 cm³/mol. The summed E-state index contributed by atoms with van der Waals surface area (Å²) in [5, 5.41) is 11.0. The topological polar surface area (TPSA) is 91.7 Å². The van der Waals surface area contributed by atoms with E-state index in [0.717, 1.165) is 4.90 Å². The molecule has 2 aromatic carbocycles. The van der Waals surface area contributed by atoms with E-state index in [9.17, 15) is 18.0 Å². The van der Waals surface area contributed by atoms with Crippen LogP contribution in [0.25, 0.3) is 11.0 Å². The van der Waals surface area contributed by atoms with Gasteiger partial charge in [0.05, 0.1) is 11.0 Å². The fourth-order valence-corrected chi connectivity index (χ4v) is 4.10. The number of benzene rings is 2. The second-order valence-corrected chi connectivity index (χ2v) is 9.40. The molecule has 8 nitrogen and oxygen atoms in total. The van der Waals surface area contributed by atoms with Crippen molar-refractivity contribution in [3.05, 3.63) is 48.3 Å². The van der Waals surface area contributed by atoms with Gasteiger partial charge in [0.2, 0.25) is 5.82 Å². The Bertz CT molecular complexity index is 1110. The van der Waals surface area contributed by atoms with Crippen molar-refractivity contribution in [3.63, 3.8) is 0 Å². The summed E-state index contributed by atoms with van der Waals surface area (Å²) in [6, 6.07) is 11.2. The lowest BCUT2D eigenvalue weighted by atomic mass is 10.2. The first-order chi connectivity index (χ1) is 18.1. The number of amides is 2. The van der Waals surface area contributed by atoms with Crippen molar-refractivity contribution in [2.45, 2.75) is 64.1 Å². The standard InChI is InChI=1S/C19H20F3N5O2S.C5H12.C2H6O/c1-3-10-27-16-9-6-13(11-15(16)24-17(27)19(20,21)22)26(2)30-14-7-4-12(5-8-14)23-18(28)25-29;1-3-5-4-2;1-3-2/h4-9,11,29H,3,10H2,1-2H3,(H2,23,25,28);3-5H2,1-2H3;1-2H3. The molecule has 3 N–H and O–H groups in total. The molecule has 0 fully saturated rings. The van der Waals surface area contributed by atoms with Gasteiger partial charge in [-0.25, -0.2) is 15.3 Å². The summed E-state index contributed by atoms with van der Waals surface area (Å²) in [6.07, 6.45) is 0.127. The third-order valence-corrected chi connectivity index (χ3v) is 5.93. The molecule has 38 heavy (non-hydrogen) atoms. The molecule has 0 unspecified atom stereocenters. The number of rotatable bonds is 8. The number of hydrogen-bond acceptors (Lipinski definition) is 6. The Kier molecular flexibility index (Phi) is 14.6. The summed E-state index contributed by atoms with van der Waals surface area (Å²) in [6.45, 7) is 6.48. The van der Waals surface area contributed by atoms with Crippen molar-refractivity contribution in [2.24, 2.45) is 0 Å². The molecule has 0 aliphatic heterocycles. The van der Waals surface area contributed by atoms with Crippen LogP contribution in [0.15, 0.2) is 47.4 Å². The number of aromatic nitrogens is 2. The normalized spacial score (nSPS) is 10.7. The third-order valence-electron chi connectivity index (χ3n) is 4.96. The van der Waals surface area contributed by atoms with Crippen LogP contribution in [-0.2, 0) is 17.5 Å². The first kappa shape index (κ1) is 33.1. The zero-order valence-corrected chi connectivity index (χ0v) is 23.5. The third kappa shape index (κ3) is 10.4. The van der Waals surface area contributed by atoms with Crippen molar-refractivity contribution in [2.75, 3.05) is 30.9 Å². The highest BCUT2D eigenvalue weighted by atomic mass is 32.2. The number of aryl methyl sites for hydroxylation is 1. The van der Waals surface area contributed by atoms with E-state index in [1.807, 2.05) is 11.2 Å². The van der Waals surface area contributed by atoms with E-state index >= 15 is 0 Å². The Labute approximate surface area is 226 Å². The summed E-state index contributed by atoms with van der Waals surface area (Å²) in [5.41, 5.74) is 3.41. The van der Waals surface area contributed by atoms with Gasteiger partial charge in [0.1, 0.15) is 0 Å². The van der Waals surface area contributed by atoms with Crippen molar-refractivity contribution >= 4 is 40.4 Å². The minimum absolute atomic E-state index is 0.240. The van der Waals surface area contributed by atoms with Gasteiger partial charge in [0, 0.05) is 44.1 Å². The number of nitrogens with zero attached hydrogens (tertiary/aromatic N) is 3. The van der Waals surface area contributed by atoms with Crippen molar-refractivity contribution in [3.8, 4) is 0 Å². The van der Waals surface area contributed by atoms with Gasteiger partial charge in [-0.1, -0.05) is 40.0 Å². The van der Waals surface area contributed by atoms with Crippen LogP contribution in [0.4, 0.5) is 29.3 Å². The quantitative estimate of drug-likeness (QED) is 0.150. The zero-order valence-electron chi connectivity index (χ0n) is 22.7. The lowest BCUT2D eigenvalue weighted by molar-refractivity contribution is -0.146. The summed E-state index contributed by atoms with van der Waals surface area (Å²) >= 11 is 1.36. The second kappa shape index (κ2) is 16.8. The lowest BCUT2D eigenvalue weighted by Crippen LogP contribution is -2.24. The first-order valence-corrected chi connectivity index (χ1v) is 13.0. The Morgan fingerprint density at radius 3 is 2.16 bits per heavy atom. The highest BCUT2D eigenvalue weighted by Crippen LogP contribution is 2.34. The minimum atomic E-state index is -4.52. The fourth-order valence-electron chi connectivity index (χ4n) is 3.30. The van der Waals surface area contributed by atoms with Gasteiger partial charge >= 0.3 is 12.2 Å². The van der Waals surface area contributed by atoms with E-state index in [4.69, 9.17) is 5.21 Å². The molecule has 0 saturated heterocycles. The molecule has 212 valence electrons. The molecule has 3 aromatic rings. The Hall–Kier alpha value is -2.96. The van der Waals surface area contributed by atoms with Crippen molar-refractivity contribution < 1.29 is 27.9 Å². The minimum Gasteiger partial charge on any atom is -0.388 e. The van der Waals surface area contributed by atoms with Crippen LogP contribution in [0.1, 0.15) is 52.3 Å². The van der Waals surface area contributed by atoms with Gasteiger partial charge in [-0.05, 0) is 60.8 Å². The van der Waals surface area contributed by atoms with E-state index in [-0.39, 0.29) is 12.1 Å². The summed E-state index contributed by atoms with van der Waals surface area (Å²) < 4.78 is 47.3. The highest BCUT2D eigenvalue weighted by molar-refractivity contribution is 8.00. The number of fused-ring (bicyclic) bond motifs is 1. The number of halogens is 3. The van der Waals surface area contributed by atoms with Gasteiger partial charge in [-0.2, -0.15) is 13.2 Å². The molecule has 1 heterocycles. The number of hydroxylamine groups is 1. The van der Waals surface area contributed by atoms with Crippen LogP contribution in [0.2, 0.25) is 0 Å². The number of nitrogens with one attached hydrogen (secondary N) is 2. The molecule has 0 radical (unpaired) electrons. The molecule has 0 atom stereocenters. The number of imidazole rings is 1. The summed E-state index contributed by atoms with van der Waals surface area (Å²) in [7, 11) is 5.05. The maximum Gasteiger partial charge on any atom is 0.449 e. The smallest absolute Gasteiger partial charge is 0.388 e. The predicted octanol–water partition coefficient (Wildman–Crippen LogP) is 7.58. The molecule has 1 aromatic heterocycles. The molecular weight excluding hydrogens is 519 g/mol. The highest BCUT2D eigenvalue weighted by Gasteiger charge is 2.37. The first-order valence-electron chi connectivity index (χ1n) is 12.3. The fraction of sp³-hybridized carbons (Fsp3) is 0.462. The molecule has 0 aliphatic rings. The van der Waals surface area contributed by atoms with Gasteiger partial charge in [-0.15, -0.1) is 0 Å². The van der Waals surface area contributed by atoms with E-state index in [0.29, 0.717) is 23.3 Å². The summed E-state index contributed by atoms with van der Waals surface area (Å²) in [5.74, 6) is -0.887. The Morgan fingerprint density at radius 2 is 1.68 bits per heavy atom. The molecule has 0 aliphatic carbocycles. The molecular formula is C26H38F3N5O3S. The van der Waals surface area contributed by atoms with E-state index in [2.05, 4.69) is 28.9 Å². The van der Waals surface area contributed by atoms with Gasteiger partial charge in [0.25, 0.3) is 0 Å². The molecule has 12 heteroatoms. The number of carbonyl (C=O) groups excluding carboxylic acids is 1. The van der Waals surface area contributed by atoms with Crippen LogP contribution >= 0.6 is 11.9 Å². The molecule has 0 saturated carbocycles. The van der Waals surface area contributed by atoms with Crippen LogP contribution in [-0.4, -0.2) is 42.1 Å². The number of carbonyl (C=O) groups is 1. The van der Waals surface area contributed by atoms with Crippen molar-refractivity contribution in [1.82, 2.24) is 15.0 Å². The number of hydrogen-bond donors (Lipinski definition) is 3. The second-order valence-electron chi connectivity index (χ2n) is 8.20. The number of alkyl halides is 3. The number of anilines is 2. The Morgan fingerprint density at radius 1 is 1.08 bits per heavy atom. The van der Waals surface area contributed by atoms with Gasteiger partial charge in [-0.3, -0.25) is 5.21 Å². The SMILES string of the molecule is CCCCC.CCCn1c(C(F)(F)F)nc2cc(N(C)Sc3ccc(NC(=O)NO)cc3)ccc21.COC. The monoisotopic (exact) mass is 557 g/mol. The van der Waals surface area contributed by atoms with Crippen LogP contribution < -0.4 is 15.1 Å². The number of unbranched alkanes of at least 4 members (excludes halogenated alkanes) is 2. The Balaban J connectivity index is 0.000000794. The lowest BCUT2D eigenvalue weighted by Gasteiger charge is -2.18. The average Bonchev–Trinajstić information content (AvgIpc) is 3.25. The van der Waals surface area contributed by atoms with E-state index in [1.165, 1.54) is 41.3 Å². The number of urea groups is 1. The molecule has 0 spiro atoms. The van der Waals surface area contributed by atoms with Crippen LogP contribution in [0.5, 0.6) is 0 Å². The average molecular weight is 558 g/mol. The van der Waals surface area contributed by atoms with Gasteiger partial charge in [0.15, 0.2) is 0 Å². The molecule has 2 amide bonds. The van der Waals surface area contributed by atoms with Crippen LogP contribution in [0.3, 0.4) is 0 Å². The maximum atomic E-state index is 13.3. The largest absolute Gasteiger partial charge is 0.449 e. The van der Waals surface area contributed by atoms with E-state index < -0.39 is 18.0 Å². The molecule has 3 rings (SSSR count). The zero-order chi connectivity index (χ0) is 28.7. The van der Waals surface area contributed by atoms with Crippen molar-refractivity contribution in [1.29, 1.82) is 0 Å². The van der Waals surface area contributed by atoms with Crippen LogP contribution in [0, 0.1) is 0 Å². The number of ether oxygens (including phenoxy) is 1. The van der Waals surface area contributed by atoms with Gasteiger partial charge < -0.3 is 18.9 Å². The molecule has 0 bridgehead atoms. The summed E-state index contributed by atoms with van der Waals surface area (Å²) in [4.78, 5) is 15.8. The number of methoxy groups -OCH3 is 1. The van der Waals surface area contributed by atoms with E-state index in [1.54, 1.807) is 63.7 Å².